The van der Waals surface area contributed by atoms with E-state index in [1.54, 1.807) is 6.20 Å². The van der Waals surface area contributed by atoms with Crippen LogP contribution in [0.3, 0.4) is 0 Å². The lowest BCUT2D eigenvalue weighted by Crippen LogP contribution is -1.83. The average molecular weight is 287 g/mol. The van der Waals surface area contributed by atoms with E-state index in [0.717, 1.165) is 22.0 Å². The van der Waals surface area contributed by atoms with Crippen LogP contribution in [0.15, 0.2) is 65.2 Å². The zero-order valence-corrected chi connectivity index (χ0v) is 12.0. The molecule has 0 atom stereocenters. The molecule has 106 valence electrons. The minimum absolute atomic E-state index is 0.508. The number of benzene rings is 2. The van der Waals surface area contributed by atoms with Gasteiger partial charge in [-0.15, -0.1) is 10.2 Å². The molecule has 0 radical (unpaired) electrons. The van der Waals surface area contributed by atoms with Crippen molar-refractivity contribution in [3.63, 3.8) is 0 Å². The van der Waals surface area contributed by atoms with Crippen molar-refractivity contribution in [1.29, 1.82) is 0 Å². The topological polar surface area (TPSA) is 51.8 Å². The van der Waals surface area contributed by atoms with E-state index in [9.17, 15) is 0 Å². The molecule has 0 aliphatic carbocycles. The molecule has 0 saturated heterocycles. The number of pyridine rings is 1. The highest BCUT2D eigenvalue weighted by Gasteiger charge is 2.12. The summed E-state index contributed by atoms with van der Waals surface area (Å²) >= 11 is 0. The molecule has 4 rings (SSSR count). The van der Waals surface area contributed by atoms with Crippen molar-refractivity contribution in [3.8, 4) is 22.9 Å². The van der Waals surface area contributed by atoms with Crippen molar-refractivity contribution in [2.45, 2.75) is 6.92 Å². The van der Waals surface area contributed by atoms with Gasteiger partial charge in [0.25, 0.3) is 0 Å². The van der Waals surface area contributed by atoms with Crippen molar-refractivity contribution < 1.29 is 4.42 Å². The van der Waals surface area contributed by atoms with E-state index in [4.69, 9.17) is 4.42 Å². The normalized spacial score (nSPS) is 11.0. The summed E-state index contributed by atoms with van der Waals surface area (Å²) < 4.78 is 5.85. The largest absolute Gasteiger partial charge is 0.416 e. The van der Waals surface area contributed by atoms with Gasteiger partial charge >= 0.3 is 0 Å². The lowest BCUT2D eigenvalue weighted by molar-refractivity contribution is 0.585. The molecule has 0 bridgehead atoms. The van der Waals surface area contributed by atoms with E-state index >= 15 is 0 Å². The highest BCUT2D eigenvalue weighted by atomic mass is 16.4. The molecule has 2 aromatic carbocycles. The predicted molar refractivity (Wildman–Crippen MR) is 85.2 cm³/mol. The molecule has 0 spiro atoms. The number of rotatable bonds is 2. The molecular formula is C18H13N3O. The van der Waals surface area contributed by atoms with E-state index in [1.807, 2.05) is 61.5 Å². The van der Waals surface area contributed by atoms with Gasteiger partial charge < -0.3 is 4.42 Å². The van der Waals surface area contributed by atoms with Gasteiger partial charge in [0.05, 0.1) is 5.52 Å². The molecule has 4 nitrogen and oxygen atoms in total. The molecule has 0 aliphatic rings. The van der Waals surface area contributed by atoms with Gasteiger partial charge in [-0.1, -0.05) is 29.8 Å². The number of hydrogen-bond donors (Lipinski definition) is 0. The van der Waals surface area contributed by atoms with Crippen molar-refractivity contribution in [3.05, 3.63) is 66.4 Å². The molecular weight excluding hydrogens is 274 g/mol. The first-order valence-corrected chi connectivity index (χ1v) is 7.06. The number of hydrogen-bond acceptors (Lipinski definition) is 4. The minimum atomic E-state index is 0.508. The van der Waals surface area contributed by atoms with Crippen LogP contribution < -0.4 is 0 Å². The van der Waals surface area contributed by atoms with Gasteiger partial charge in [-0.25, -0.2) is 0 Å². The van der Waals surface area contributed by atoms with Crippen LogP contribution in [0.4, 0.5) is 0 Å². The molecule has 2 heterocycles. The summed E-state index contributed by atoms with van der Waals surface area (Å²) in [5.74, 6) is 1.03. The maximum Gasteiger partial charge on any atom is 0.248 e. The Labute approximate surface area is 127 Å². The molecule has 4 heteroatoms. The summed E-state index contributed by atoms with van der Waals surface area (Å²) in [6, 6.07) is 17.8. The lowest BCUT2D eigenvalue weighted by atomic mass is 10.1. The standard InChI is InChI=1S/C18H13N3O/c1-12-7-9-13(10-8-12)17-20-21-18(22-17)15-4-2-6-16-14(15)5-3-11-19-16/h2-11H,1H3. The molecule has 0 amide bonds. The van der Waals surface area contributed by atoms with E-state index in [1.165, 1.54) is 5.56 Å². The van der Waals surface area contributed by atoms with E-state index in [-0.39, 0.29) is 0 Å². The van der Waals surface area contributed by atoms with Gasteiger partial charge in [0.2, 0.25) is 11.8 Å². The summed E-state index contributed by atoms with van der Waals surface area (Å²) in [7, 11) is 0. The van der Waals surface area contributed by atoms with E-state index < -0.39 is 0 Å². The minimum Gasteiger partial charge on any atom is -0.416 e. The summed E-state index contributed by atoms with van der Waals surface area (Å²) in [6.07, 6.45) is 1.78. The van der Waals surface area contributed by atoms with Crippen molar-refractivity contribution in [1.82, 2.24) is 15.2 Å². The highest BCUT2D eigenvalue weighted by molar-refractivity contribution is 5.92. The first kappa shape index (κ1) is 12.7. The highest BCUT2D eigenvalue weighted by Crippen LogP contribution is 2.29. The van der Waals surface area contributed by atoms with Gasteiger partial charge in [-0.3, -0.25) is 4.98 Å². The average Bonchev–Trinajstić information content (AvgIpc) is 3.05. The SMILES string of the molecule is Cc1ccc(-c2nnc(-c3cccc4ncccc34)o2)cc1. The van der Waals surface area contributed by atoms with Crippen LogP contribution in [0.2, 0.25) is 0 Å². The zero-order valence-electron chi connectivity index (χ0n) is 12.0. The third-order valence-corrected chi connectivity index (χ3v) is 3.60. The number of fused-ring (bicyclic) bond motifs is 1. The van der Waals surface area contributed by atoms with E-state index in [2.05, 4.69) is 15.2 Å². The smallest absolute Gasteiger partial charge is 0.248 e. The first-order chi connectivity index (χ1) is 10.8. The fourth-order valence-electron chi connectivity index (χ4n) is 2.43. The monoisotopic (exact) mass is 287 g/mol. The van der Waals surface area contributed by atoms with Crippen molar-refractivity contribution in [2.24, 2.45) is 0 Å². The molecule has 0 aliphatic heterocycles. The Kier molecular flexibility index (Phi) is 2.93. The van der Waals surface area contributed by atoms with Crippen LogP contribution in [-0.4, -0.2) is 15.2 Å². The second-order valence-electron chi connectivity index (χ2n) is 5.15. The Balaban J connectivity index is 1.82. The Morgan fingerprint density at radius 2 is 1.64 bits per heavy atom. The van der Waals surface area contributed by atoms with Crippen LogP contribution in [0.5, 0.6) is 0 Å². The zero-order chi connectivity index (χ0) is 14.9. The Bertz CT molecular complexity index is 937. The Morgan fingerprint density at radius 3 is 2.50 bits per heavy atom. The quantitative estimate of drug-likeness (QED) is 0.552. The Hall–Kier alpha value is -3.01. The third kappa shape index (κ3) is 2.15. The van der Waals surface area contributed by atoms with Gasteiger partial charge in [-0.2, -0.15) is 0 Å². The predicted octanol–water partition coefficient (Wildman–Crippen LogP) is 4.26. The maximum atomic E-state index is 5.85. The summed E-state index contributed by atoms with van der Waals surface area (Å²) in [6.45, 7) is 2.05. The maximum absolute atomic E-state index is 5.85. The van der Waals surface area contributed by atoms with Crippen LogP contribution in [0.1, 0.15) is 5.56 Å². The molecule has 0 unspecified atom stereocenters. The first-order valence-electron chi connectivity index (χ1n) is 7.06. The summed E-state index contributed by atoms with van der Waals surface area (Å²) in [5.41, 5.74) is 3.93. The van der Waals surface area contributed by atoms with Gasteiger partial charge in [0.15, 0.2) is 0 Å². The van der Waals surface area contributed by atoms with Crippen LogP contribution in [0.25, 0.3) is 33.8 Å². The Morgan fingerprint density at radius 1 is 0.818 bits per heavy atom. The molecule has 2 aromatic heterocycles. The second kappa shape index (κ2) is 5.07. The summed E-state index contributed by atoms with van der Waals surface area (Å²) in [5, 5.41) is 9.36. The lowest BCUT2D eigenvalue weighted by Gasteiger charge is -2.01. The van der Waals surface area contributed by atoms with Crippen molar-refractivity contribution >= 4 is 10.9 Å². The molecule has 4 aromatic rings. The van der Waals surface area contributed by atoms with Crippen LogP contribution >= 0.6 is 0 Å². The van der Waals surface area contributed by atoms with Gasteiger partial charge in [0.1, 0.15) is 0 Å². The van der Waals surface area contributed by atoms with Gasteiger partial charge in [0, 0.05) is 22.7 Å². The number of nitrogens with zero attached hydrogens (tertiary/aromatic N) is 3. The molecule has 22 heavy (non-hydrogen) atoms. The van der Waals surface area contributed by atoms with E-state index in [0.29, 0.717) is 11.8 Å². The molecule has 0 fully saturated rings. The molecule has 0 N–H and O–H groups in total. The molecule has 0 saturated carbocycles. The van der Waals surface area contributed by atoms with Crippen LogP contribution in [0, 0.1) is 6.92 Å². The van der Waals surface area contributed by atoms with Crippen LogP contribution in [-0.2, 0) is 0 Å². The van der Waals surface area contributed by atoms with Crippen molar-refractivity contribution in [2.75, 3.05) is 0 Å². The second-order valence-corrected chi connectivity index (χ2v) is 5.15. The third-order valence-electron chi connectivity index (χ3n) is 3.60. The summed E-state index contributed by atoms with van der Waals surface area (Å²) in [4.78, 5) is 4.35. The fourth-order valence-corrected chi connectivity index (χ4v) is 2.43. The number of aryl methyl sites for hydroxylation is 1. The fraction of sp³-hybridized carbons (Fsp3) is 0.0556. The van der Waals surface area contributed by atoms with Gasteiger partial charge in [-0.05, 0) is 37.3 Å². The number of aromatic nitrogens is 3.